The summed E-state index contributed by atoms with van der Waals surface area (Å²) in [6.07, 6.45) is 22.1. The normalized spacial score (nSPS) is 26.8. The van der Waals surface area contributed by atoms with Crippen LogP contribution in [0.15, 0.2) is 127 Å². The summed E-state index contributed by atoms with van der Waals surface area (Å²) in [6, 6.07) is 19.3. The van der Waals surface area contributed by atoms with Gasteiger partial charge in [0.05, 0.1) is 24.0 Å². The highest BCUT2D eigenvalue weighted by Gasteiger charge is 2.50. The van der Waals surface area contributed by atoms with Gasteiger partial charge in [0.1, 0.15) is 0 Å². The number of nitrogens with zero attached hydrogens (tertiary/aromatic N) is 5. The number of nitrogens with one attached hydrogen (secondary N) is 2. The van der Waals surface area contributed by atoms with Crippen LogP contribution >= 0.6 is 0 Å². The van der Waals surface area contributed by atoms with Crippen molar-refractivity contribution in [1.82, 2.24) is 24.8 Å². The lowest BCUT2D eigenvalue weighted by Crippen LogP contribution is -2.43. The van der Waals surface area contributed by atoms with Crippen molar-refractivity contribution in [2.75, 3.05) is 43.9 Å². The number of pyridine rings is 1. The minimum absolute atomic E-state index is 0.143. The maximum atomic E-state index is 12.9. The number of fused-ring (bicyclic) bond motifs is 1. The first-order valence-electron chi connectivity index (χ1n) is 24.6. The molecule has 354 valence electrons. The van der Waals surface area contributed by atoms with Gasteiger partial charge >= 0.3 is 0 Å². The molecule has 2 aromatic carbocycles. The number of rotatable bonds is 12. The molecule has 0 radical (unpaired) electrons. The van der Waals surface area contributed by atoms with Crippen LogP contribution < -0.4 is 10.6 Å². The van der Waals surface area contributed by atoms with Crippen LogP contribution in [0.2, 0.25) is 0 Å². The molecule has 4 aromatic rings. The Labute approximate surface area is 397 Å². The van der Waals surface area contributed by atoms with Crippen molar-refractivity contribution >= 4 is 23.2 Å². The van der Waals surface area contributed by atoms with Gasteiger partial charge in [-0.05, 0) is 159 Å². The predicted octanol–water partition coefficient (Wildman–Crippen LogP) is 9.68. The molecule has 7 atom stereocenters. The van der Waals surface area contributed by atoms with Gasteiger partial charge in [-0.25, -0.2) is 9.97 Å². The smallest absolute Gasteiger partial charge is 0.255 e. The van der Waals surface area contributed by atoms with E-state index < -0.39 is 12.2 Å². The molecule has 0 unspecified atom stereocenters. The van der Waals surface area contributed by atoms with Crippen molar-refractivity contribution in [2.45, 2.75) is 103 Å². The highest BCUT2D eigenvalue weighted by molar-refractivity contribution is 6.04. The Morgan fingerprint density at radius 1 is 0.985 bits per heavy atom. The average molecular weight is 906 g/mol. The van der Waals surface area contributed by atoms with E-state index in [9.17, 15) is 20.1 Å². The van der Waals surface area contributed by atoms with Gasteiger partial charge in [0.25, 0.3) is 5.91 Å². The fraction of sp³-hybridized carbons (Fsp3) is 0.464. The number of carbonyl (C=O) groups excluding carboxylic acids is 1. The largest absolute Gasteiger partial charge is 0.393 e. The predicted molar refractivity (Wildman–Crippen MR) is 269 cm³/mol. The number of piperazine rings is 1. The van der Waals surface area contributed by atoms with Crippen molar-refractivity contribution in [1.29, 1.82) is 0 Å². The molecule has 5 fully saturated rings. The van der Waals surface area contributed by atoms with E-state index in [4.69, 9.17) is 0 Å². The molecule has 1 saturated heterocycles. The number of anilines is 3. The van der Waals surface area contributed by atoms with Gasteiger partial charge in [-0.15, -0.1) is 0 Å². The van der Waals surface area contributed by atoms with Crippen LogP contribution in [0.4, 0.5) is 17.3 Å². The fourth-order valence-electron chi connectivity index (χ4n) is 10.9. The summed E-state index contributed by atoms with van der Waals surface area (Å²) in [4.78, 5) is 30.9. The van der Waals surface area contributed by atoms with Crippen molar-refractivity contribution in [3.8, 4) is 11.3 Å². The zero-order valence-electron chi connectivity index (χ0n) is 39.9. The van der Waals surface area contributed by atoms with Crippen LogP contribution in [0.1, 0.15) is 93.1 Å². The lowest BCUT2D eigenvalue weighted by Gasteiger charge is -2.44. The number of benzene rings is 2. The molecular formula is C56H71N7O4. The average Bonchev–Trinajstić information content (AvgIpc) is 4.12. The van der Waals surface area contributed by atoms with Gasteiger partial charge in [-0.1, -0.05) is 68.5 Å². The Balaban J connectivity index is 0.000000186. The van der Waals surface area contributed by atoms with Crippen LogP contribution in [0.5, 0.6) is 0 Å². The number of carbonyl (C=O) groups is 1. The summed E-state index contributed by atoms with van der Waals surface area (Å²) in [5.41, 5.74) is 9.71. The molecule has 2 aromatic heterocycles. The number of amides is 1. The number of aryl methyl sites for hydroxylation is 1. The molecule has 3 heterocycles. The number of aromatic nitrogens is 3. The number of aliphatic hydroxyl groups excluding tert-OH is 3. The van der Waals surface area contributed by atoms with E-state index >= 15 is 0 Å². The third-order valence-corrected chi connectivity index (χ3v) is 15.2. The molecule has 5 aliphatic rings. The summed E-state index contributed by atoms with van der Waals surface area (Å²) in [5.74, 6) is 2.61. The third kappa shape index (κ3) is 12.2. The number of aliphatic hydroxyl groups is 3. The maximum Gasteiger partial charge on any atom is 0.255 e. The van der Waals surface area contributed by atoms with Crippen LogP contribution in [0.25, 0.3) is 11.3 Å². The minimum Gasteiger partial charge on any atom is -0.393 e. The first-order chi connectivity index (χ1) is 32.3. The maximum absolute atomic E-state index is 12.9. The summed E-state index contributed by atoms with van der Waals surface area (Å²) in [6.45, 7) is 16.1. The second-order valence-corrected chi connectivity index (χ2v) is 20.1. The zero-order valence-corrected chi connectivity index (χ0v) is 39.9. The monoisotopic (exact) mass is 906 g/mol. The van der Waals surface area contributed by atoms with Crippen molar-refractivity contribution in [3.63, 3.8) is 0 Å². The van der Waals surface area contributed by atoms with Crippen molar-refractivity contribution in [3.05, 3.63) is 144 Å². The van der Waals surface area contributed by atoms with Gasteiger partial charge in [0.2, 0.25) is 5.95 Å². The SMILES string of the molecule is C=C1/C(=C/C=C2\CCC[C@]3(C)[C@@H]([C@H](C)/C=C/[C@@H](O)C4CC4)CC[C@@H]23)C[C@H](O)C[C@H]1O.Cc1ccc(NC(=O)c2ccc(CN3CCN(C)CC3)cc2)cc1Nc1nccc(-c2cccnc2)n1. The molecule has 11 heteroatoms. The first-order valence-corrected chi connectivity index (χ1v) is 24.6. The van der Waals surface area contributed by atoms with E-state index in [0.717, 1.165) is 72.8 Å². The standard InChI is InChI=1S/C29H31N7O.C27H40O3/c1-21-5-10-25(18-27(21)34-29-31-13-11-26(33-29)24-4-3-12-30-19-24)32-28(37)23-8-6-22(7-9-23)20-36-16-14-35(2)15-17-36;1-17(6-13-25(29)20-8-9-20)23-11-12-24-19(5-4-14-27(23,24)3)7-10-21-15-22(28)16-26(30)18(21)2/h3-13,18-19H,14-17,20H2,1-2H3,(H,32,37)(H,31,33,34);6-7,10,13,17,20,22-26,28-30H,2,4-5,8-9,11-12,14-16H2,1,3H3/b;13-6+,19-7+,21-10+/t;17-,22+,23-,24+,25-,26-,27-/m.1/s1. The van der Waals surface area contributed by atoms with Crippen molar-refractivity contribution < 1.29 is 20.1 Å². The Bertz CT molecular complexity index is 2420. The number of hydrogen-bond donors (Lipinski definition) is 5. The molecule has 1 amide bonds. The summed E-state index contributed by atoms with van der Waals surface area (Å²) in [7, 11) is 2.16. The highest BCUT2D eigenvalue weighted by atomic mass is 16.3. The van der Waals surface area contributed by atoms with Gasteiger partial charge in [-0.2, -0.15) is 0 Å². The Hall–Kier alpha value is -5.30. The molecule has 4 saturated carbocycles. The Morgan fingerprint density at radius 2 is 1.78 bits per heavy atom. The van der Waals surface area contributed by atoms with Gasteiger partial charge in [-0.3, -0.25) is 14.7 Å². The van der Waals surface area contributed by atoms with E-state index in [0.29, 0.717) is 59.1 Å². The number of hydrogen-bond acceptors (Lipinski definition) is 10. The summed E-state index contributed by atoms with van der Waals surface area (Å²) < 4.78 is 0. The van der Waals surface area contributed by atoms with Crippen LogP contribution in [0, 0.1) is 36.0 Å². The van der Waals surface area contributed by atoms with Crippen LogP contribution in [-0.4, -0.2) is 97.5 Å². The topological polar surface area (TPSA) is 147 Å². The lowest BCUT2D eigenvalue weighted by atomic mass is 9.61. The molecule has 4 aliphatic carbocycles. The molecule has 1 aliphatic heterocycles. The molecule has 5 N–H and O–H groups in total. The van der Waals surface area contributed by atoms with Crippen LogP contribution in [-0.2, 0) is 6.54 Å². The number of likely N-dealkylation sites (N-methyl/N-ethyl adjacent to an activating group) is 1. The second kappa shape index (κ2) is 21.8. The molecule has 11 nitrogen and oxygen atoms in total. The molecule has 9 rings (SSSR count). The molecule has 0 spiro atoms. The van der Waals surface area contributed by atoms with Gasteiger partial charge in [0, 0.05) is 80.2 Å². The zero-order chi connectivity index (χ0) is 47.1. The quantitative estimate of drug-likeness (QED) is 0.0872. The summed E-state index contributed by atoms with van der Waals surface area (Å²) in [5, 5.41) is 36.7. The van der Waals surface area contributed by atoms with E-state index in [-0.39, 0.29) is 12.0 Å². The Morgan fingerprint density at radius 3 is 2.52 bits per heavy atom. The Kier molecular flexibility index (Phi) is 15.6. The van der Waals surface area contributed by atoms with Gasteiger partial charge < -0.3 is 30.9 Å². The second-order valence-electron chi connectivity index (χ2n) is 20.1. The minimum atomic E-state index is -0.621. The number of allylic oxidation sites excluding steroid dienone is 4. The van der Waals surface area contributed by atoms with E-state index in [2.05, 4.69) is 87.2 Å². The van der Waals surface area contributed by atoms with Gasteiger partial charge in [0.15, 0.2) is 0 Å². The molecule has 67 heavy (non-hydrogen) atoms. The first kappa shape index (κ1) is 48.2. The fourth-order valence-corrected chi connectivity index (χ4v) is 10.9. The van der Waals surface area contributed by atoms with E-state index in [1.54, 1.807) is 18.6 Å². The molecule has 0 bridgehead atoms. The highest BCUT2D eigenvalue weighted by Crippen LogP contribution is 2.59. The summed E-state index contributed by atoms with van der Waals surface area (Å²) >= 11 is 0. The third-order valence-electron chi connectivity index (χ3n) is 15.2. The van der Waals surface area contributed by atoms with E-state index in [1.165, 1.54) is 49.7 Å². The van der Waals surface area contributed by atoms with Crippen molar-refractivity contribution in [2.24, 2.45) is 29.1 Å². The van der Waals surface area contributed by atoms with E-state index in [1.807, 2.05) is 67.6 Å². The molecular weight excluding hydrogens is 835 g/mol. The lowest BCUT2D eigenvalue weighted by molar-refractivity contribution is 0.0862. The van der Waals surface area contributed by atoms with Crippen LogP contribution in [0.3, 0.4) is 0 Å².